The minimum atomic E-state index is 0.532. The minimum Gasteiger partial charge on any atom is -0.383 e. The fraction of sp³-hybridized carbons (Fsp3) is 1.00. The van der Waals surface area contributed by atoms with Crippen molar-refractivity contribution in [3.63, 3.8) is 0 Å². The molecule has 0 aromatic rings. The number of methoxy groups -OCH3 is 2. The Hall–Kier alpha value is -0.160. The Kier molecular flexibility index (Phi) is 11.6. The van der Waals surface area contributed by atoms with Crippen molar-refractivity contribution >= 4 is 0 Å². The molecule has 1 N–H and O–H groups in total. The monoisotopic (exact) mass is 274 g/mol. The van der Waals surface area contributed by atoms with Gasteiger partial charge < -0.3 is 14.8 Å². The lowest BCUT2D eigenvalue weighted by Gasteiger charge is -2.33. The van der Waals surface area contributed by atoms with Gasteiger partial charge in [-0.1, -0.05) is 20.8 Å². The summed E-state index contributed by atoms with van der Waals surface area (Å²) in [4.78, 5) is 2.45. The van der Waals surface area contributed by atoms with Gasteiger partial charge in [0.2, 0.25) is 0 Å². The summed E-state index contributed by atoms with van der Waals surface area (Å²) in [6, 6.07) is 0.532. The molecule has 0 fully saturated rings. The summed E-state index contributed by atoms with van der Waals surface area (Å²) in [6.45, 7) is 14.7. The van der Waals surface area contributed by atoms with Crippen molar-refractivity contribution in [1.82, 2.24) is 10.2 Å². The fourth-order valence-corrected chi connectivity index (χ4v) is 2.07. The Bertz CT molecular complexity index is 193. The summed E-state index contributed by atoms with van der Waals surface area (Å²) < 4.78 is 10.4. The highest BCUT2D eigenvalue weighted by Gasteiger charge is 2.19. The maximum absolute atomic E-state index is 5.20. The lowest BCUT2D eigenvalue weighted by molar-refractivity contribution is 0.0750. The van der Waals surface area contributed by atoms with Crippen LogP contribution in [0.3, 0.4) is 0 Å². The van der Waals surface area contributed by atoms with Crippen molar-refractivity contribution in [1.29, 1.82) is 0 Å². The number of nitrogens with zero attached hydrogens (tertiary/aromatic N) is 1. The second-order valence-corrected chi connectivity index (χ2v) is 5.79. The number of nitrogens with one attached hydrogen (secondary N) is 1. The van der Waals surface area contributed by atoms with E-state index in [0.717, 1.165) is 39.4 Å². The van der Waals surface area contributed by atoms with Crippen molar-refractivity contribution in [3.8, 4) is 0 Å². The van der Waals surface area contributed by atoms with Gasteiger partial charge in [0.25, 0.3) is 0 Å². The quantitative estimate of drug-likeness (QED) is 0.589. The average Bonchev–Trinajstić information content (AvgIpc) is 2.37. The summed E-state index contributed by atoms with van der Waals surface area (Å²) >= 11 is 0. The van der Waals surface area contributed by atoms with E-state index in [-0.39, 0.29) is 0 Å². The van der Waals surface area contributed by atoms with Crippen LogP contribution < -0.4 is 5.32 Å². The molecule has 0 spiro atoms. The molecule has 0 aliphatic rings. The van der Waals surface area contributed by atoms with Crippen LogP contribution in [0, 0.1) is 11.8 Å². The van der Waals surface area contributed by atoms with Crippen molar-refractivity contribution in [2.75, 3.05) is 53.6 Å². The maximum atomic E-state index is 5.20. The van der Waals surface area contributed by atoms with E-state index >= 15 is 0 Å². The van der Waals surface area contributed by atoms with E-state index in [4.69, 9.17) is 9.47 Å². The normalized spacial score (nSPS) is 15.2. The van der Waals surface area contributed by atoms with Gasteiger partial charge in [0.05, 0.1) is 13.2 Å². The molecular formula is C15H34N2O2. The van der Waals surface area contributed by atoms with E-state index in [2.05, 4.69) is 37.9 Å². The first-order valence-corrected chi connectivity index (χ1v) is 7.45. The molecular weight excluding hydrogens is 240 g/mol. The number of ether oxygens (including phenoxy) is 2. The van der Waals surface area contributed by atoms with Crippen LogP contribution in [0.5, 0.6) is 0 Å². The molecule has 0 bridgehead atoms. The molecule has 0 heterocycles. The Morgan fingerprint density at radius 1 is 0.895 bits per heavy atom. The van der Waals surface area contributed by atoms with Crippen LogP contribution in [-0.4, -0.2) is 64.6 Å². The smallest absolute Gasteiger partial charge is 0.0589 e. The van der Waals surface area contributed by atoms with Gasteiger partial charge in [-0.05, 0) is 31.8 Å². The summed E-state index contributed by atoms with van der Waals surface area (Å²) in [5.74, 6) is 1.33. The van der Waals surface area contributed by atoms with E-state index in [9.17, 15) is 0 Å². The molecule has 116 valence electrons. The zero-order chi connectivity index (χ0) is 14.7. The lowest BCUT2D eigenvalue weighted by atomic mass is 10.0. The topological polar surface area (TPSA) is 33.7 Å². The van der Waals surface area contributed by atoms with Crippen molar-refractivity contribution in [2.24, 2.45) is 11.8 Å². The molecule has 0 aromatic heterocycles. The Balaban J connectivity index is 4.13. The van der Waals surface area contributed by atoms with Crippen LogP contribution in [-0.2, 0) is 9.47 Å². The van der Waals surface area contributed by atoms with Crippen LogP contribution >= 0.6 is 0 Å². The number of hydrogen-bond acceptors (Lipinski definition) is 4. The number of rotatable bonds is 12. The van der Waals surface area contributed by atoms with Gasteiger partial charge in [-0.15, -0.1) is 0 Å². The van der Waals surface area contributed by atoms with Crippen LogP contribution in [0.4, 0.5) is 0 Å². The largest absolute Gasteiger partial charge is 0.383 e. The molecule has 4 nitrogen and oxygen atoms in total. The van der Waals surface area contributed by atoms with E-state index in [1.165, 1.54) is 0 Å². The molecule has 19 heavy (non-hydrogen) atoms. The first-order chi connectivity index (χ1) is 9.02. The molecule has 4 heteroatoms. The second kappa shape index (κ2) is 11.6. The van der Waals surface area contributed by atoms with Gasteiger partial charge in [-0.3, -0.25) is 4.90 Å². The molecule has 0 radical (unpaired) electrons. The van der Waals surface area contributed by atoms with Crippen LogP contribution in [0.15, 0.2) is 0 Å². The minimum absolute atomic E-state index is 0.532. The SMILES string of the molecule is COCCN(CCOC)C(C)C(C)CNCC(C)C. The third-order valence-electron chi connectivity index (χ3n) is 3.58. The number of hydrogen-bond donors (Lipinski definition) is 1. The molecule has 0 rings (SSSR count). The van der Waals surface area contributed by atoms with Crippen molar-refractivity contribution in [3.05, 3.63) is 0 Å². The highest BCUT2D eigenvalue weighted by molar-refractivity contribution is 4.75. The molecule has 0 aromatic carbocycles. The Morgan fingerprint density at radius 3 is 1.84 bits per heavy atom. The van der Waals surface area contributed by atoms with Crippen LogP contribution in [0.2, 0.25) is 0 Å². The summed E-state index contributed by atoms with van der Waals surface area (Å²) in [7, 11) is 3.51. The van der Waals surface area contributed by atoms with E-state index in [1.54, 1.807) is 14.2 Å². The third-order valence-corrected chi connectivity index (χ3v) is 3.58. The first kappa shape index (κ1) is 18.8. The molecule has 0 saturated heterocycles. The van der Waals surface area contributed by atoms with E-state index in [1.807, 2.05) is 0 Å². The predicted molar refractivity (Wildman–Crippen MR) is 81.7 cm³/mol. The van der Waals surface area contributed by atoms with Gasteiger partial charge in [0.1, 0.15) is 0 Å². The Morgan fingerprint density at radius 2 is 1.42 bits per heavy atom. The molecule has 2 atom stereocenters. The second-order valence-electron chi connectivity index (χ2n) is 5.79. The molecule has 0 aliphatic carbocycles. The van der Waals surface area contributed by atoms with Crippen molar-refractivity contribution < 1.29 is 9.47 Å². The highest BCUT2D eigenvalue weighted by atomic mass is 16.5. The zero-order valence-electron chi connectivity index (χ0n) is 13.7. The average molecular weight is 274 g/mol. The molecule has 0 aliphatic heterocycles. The molecule has 0 saturated carbocycles. The first-order valence-electron chi connectivity index (χ1n) is 7.45. The highest BCUT2D eigenvalue weighted by Crippen LogP contribution is 2.10. The van der Waals surface area contributed by atoms with Gasteiger partial charge in [-0.25, -0.2) is 0 Å². The lowest BCUT2D eigenvalue weighted by Crippen LogP contribution is -2.44. The molecule has 0 amide bonds. The van der Waals surface area contributed by atoms with Gasteiger partial charge >= 0.3 is 0 Å². The van der Waals surface area contributed by atoms with Crippen molar-refractivity contribution in [2.45, 2.75) is 33.7 Å². The zero-order valence-corrected chi connectivity index (χ0v) is 13.7. The third kappa shape index (κ3) is 9.38. The van der Waals surface area contributed by atoms with E-state index in [0.29, 0.717) is 17.9 Å². The van der Waals surface area contributed by atoms with Gasteiger partial charge in [-0.2, -0.15) is 0 Å². The summed E-state index contributed by atoms with van der Waals surface area (Å²) in [5.41, 5.74) is 0. The maximum Gasteiger partial charge on any atom is 0.0589 e. The van der Waals surface area contributed by atoms with Crippen LogP contribution in [0.1, 0.15) is 27.7 Å². The summed E-state index contributed by atoms with van der Waals surface area (Å²) in [5, 5.41) is 3.54. The molecule has 2 unspecified atom stereocenters. The van der Waals surface area contributed by atoms with E-state index < -0.39 is 0 Å². The fourth-order valence-electron chi connectivity index (χ4n) is 2.07. The predicted octanol–water partition coefficient (Wildman–Crippen LogP) is 1.85. The standard InChI is InChI=1S/C15H34N2O2/c1-13(2)11-16-12-14(3)15(4)17(7-9-18-5)8-10-19-6/h13-16H,7-12H2,1-6H3. The van der Waals surface area contributed by atoms with Crippen LogP contribution in [0.25, 0.3) is 0 Å². The Labute approximate surface area is 119 Å². The van der Waals surface area contributed by atoms with Gasteiger partial charge in [0, 0.05) is 33.4 Å². The van der Waals surface area contributed by atoms with Gasteiger partial charge in [0.15, 0.2) is 0 Å². The summed E-state index contributed by atoms with van der Waals surface area (Å²) in [6.07, 6.45) is 0.